The number of anilines is 1. The average Bonchev–Trinajstić information content (AvgIpc) is 2.72. The van der Waals surface area contributed by atoms with Crippen LogP contribution in [0, 0.1) is 0 Å². The number of pyridine rings is 1. The molecule has 5 rings (SSSR count). The van der Waals surface area contributed by atoms with Crippen LogP contribution in [-0.4, -0.2) is 23.0 Å². The zero-order chi connectivity index (χ0) is 19.4. The molecule has 0 saturated heterocycles. The van der Waals surface area contributed by atoms with Crippen LogP contribution >= 0.6 is 0 Å². The number of aromatic nitrogens is 1. The molecule has 134 valence electrons. The van der Waals surface area contributed by atoms with Gasteiger partial charge in [0.1, 0.15) is 0 Å². The van der Waals surface area contributed by atoms with E-state index in [0.29, 0.717) is 22.8 Å². The first-order valence-corrected chi connectivity index (χ1v) is 8.62. The first-order valence-electron chi connectivity index (χ1n) is 8.62. The highest BCUT2D eigenvalue weighted by atomic mass is 16.1. The summed E-state index contributed by atoms with van der Waals surface area (Å²) < 4.78 is 0. The number of ketones is 2. The molecule has 4 aromatic rings. The summed E-state index contributed by atoms with van der Waals surface area (Å²) in [7, 11) is 0. The molecule has 0 spiro atoms. The van der Waals surface area contributed by atoms with Gasteiger partial charge < -0.3 is 10.3 Å². The highest BCUT2D eigenvalue weighted by Crippen LogP contribution is 2.36. The van der Waals surface area contributed by atoms with Crippen LogP contribution in [0.2, 0.25) is 0 Å². The maximum Gasteiger partial charge on any atom is 0.211 e. The highest BCUT2D eigenvalue weighted by Gasteiger charge is 2.34. The summed E-state index contributed by atoms with van der Waals surface area (Å²) in [6.45, 7) is 0. The number of para-hydroxylation sites is 1. The van der Waals surface area contributed by atoms with Gasteiger partial charge in [0, 0.05) is 27.4 Å². The Balaban J connectivity index is 2.00. The number of nitrogens with one attached hydrogen (secondary N) is 2. The minimum atomic E-state index is -0.370. The molecule has 0 bridgehead atoms. The van der Waals surface area contributed by atoms with Crippen molar-refractivity contribution in [3.8, 4) is 0 Å². The standard InChI is InChI=1S/C22H12N2O4/c25-10-23-16-9-14-19(24-15-8-4-3-7-13(15)20(14)26)18-17(16)21(27)11-5-1-2-6-12(11)22(18)28/h1-10H,(H,23,25)(H,24,26). The summed E-state index contributed by atoms with van der Waals surface area (Å²) in [5, 5.41) is 3.18. The highest BCUT2D eigenvalue weighted by molar-refractivity contribution is 6.34. The van der Waals surface area contributed by atoms with Crippen LogP contribution in [0.4, 0.5) is 5.69 Å². The molecule has 1 aliphatic rings. The zero-order valence-electron chi connectivity index (χ0n) is 14.4. The predicted octanol–water partition coefficient (Wildman–Crippen LogP) is 3.03. The van der Waals surface area contributed by atoms with Gasteiger partial charge >= 0.3 is 0 Å². The predicted molar refractivity (Wildman–Crippen MR) is 105 cm³/mol. The number of fused-ring (bicyclic) bond motifs is 5. The van der Waals surface area contributed by atoms with Crippen molar-refractivity contribution in [3.63, 3.8) is 0 Å². The molecule has 0 aliphatic heterocycles. The molecule has 0 atom stereocenters. The van der Waals surface area contributed by atoms with Gasteiger partial charge in [-0.25, -0.2) is 0 Å². The molecule has 0 saturated carbocycles. The van der Waals surface area contributed by atoms with Crippen molar-refractivity contribution in [1.82, 2.24) is 4.98 Å². The van der Waals surface area contributed by atoms with Crippen LogP contribution in [0.25, 0.3) is 21.8 Å². The summed E-state index contributed by atoms with van der Waals surface area (Å²) in [6.07, 6.45) is 0.426. The third-order valence-corrected chi connectivity index (χ3v) is 5.09. The molecule has 6 nitrogen and oxygen atoms in total. The van der Waals surface area contributed by atoms with Crippen LogP contribution in [0.15, 0.2) is 59.4 Å². The lowest BCUT2D eigenvalue weighted by atomic mass is 9.81. The first-order chi connectivity index (χ1) is 13.6. The van der Waals surface area contributed by atoms with Crippen molar-refractivity contribution in [2.75, 3.05) is 5.32 Å². The van der Waals surface area contributed by atoms with Crippen molar-refractivity contribution in [2.24, 2.45) is 0 Å². The second kappa shape index (κ2) is 5.72. The lowest BCUT2D eigenvalue weighted by Crippen LogP contribution is -2.24. The molecule has 0 radical (unpaired) electrons. The van der Waals surface area contributed by atoms with Crippen LogP contribution in [-0.2, 0) is 4.79 Å². The molecule has 3 aromatic carbocycles. The van der Waals surface area contributed by atoms with E-state index in [2.05, 4.69) is 10.3 Å². The molecule has 0 fully saturated rings. The Bertz CT molecular complexity index is 1420. The quantitative estimate of drug-likeness (QED) is 0.370. The Hall–Kier alpha value is -4.06. The topological polar surface area (TPSA) is 96.1 Å². The van der Waals surface area contributed by atoms with E-state index in [4.69, 9.17) is 0 Å². The number of hydrogen-bond acceptors (Lipinski definition) is 4. The minimum Gasteiger partial charge on any atom is -0.354 e. The van der Waals surface area contributed by atoms with Gasteiger partial charge in [0.25, 0.3) is 0 Å². The molecular formula is C22H12N2O4. The molecule has 28 heavy (non-hydrogen) atoms. The lowest BCUT2D eigenvalue weighted by Gasteiger charge is -2.21. The van der Waals surface area contributed by atoms with E-state index in [0.717, 1.165) is 0 Å². The maximum atomic E-state index is 13.3. The van der Waals surface area contributed by atoms with Crippen LogP contribution in [0.3, 0.4) is 0 Å². The summed E-state index contributed by atoms with van der Waals surface area (Å²) >= 11 is 0. The Morgan fingerprint density at radius 2 is 1.43 bits per heavy atom. The SMILES string of the molecule is O=CNc1cc2c(=O)c3ccccc3[nH]c2c2c1C(=O)c1ccccc1C2=O. The molecule has 1 aromatic heterocycles. The maximum absolute atomic E-state index is 13.3. The second-order valence-corrected chi connectivity index (χ2v) is 6.56. The van der Waals surface area contributed by atoms with E-state index in [1.807, 2.05) is 0 Å². The third-order valence-electron chi connectivity index (χ3n) is 5.09. The molecule has 2 N–H and O–H groups in total. The van der Waals surface area contributed by atoms with E-state index >= 15 is 0 Å². The van der Waals surface area contributed by atoms with Gasteiger partial charge in [-0.2, -0.15) is 0 Å². The molecule has 1 aliphatic carbocycles. The normalized spacial score (nSPS) is 12.7. The van der Waals surface area contributed by atoms with E-state index in [9.17, 15) is 19.2 Å². The third kappa shape index (κ3) is 2.02. The Labute approximate surface area is 157 Å². The largest absolute Gasteiger partial charge is 0.354 e. The van der Waals surface area contributed by atoms with E-state index in [-0.39, 0.29) is 50.3 Å². The Kier molecular flexibility index (Phi) is 3.30. The van der Waals surface area contributed by atoms with Crippen molar-refractivity contribution < 1.29 is 14.4 Å². The molecular weight excluding hydrogens is 356 g/mol. The number of amides is 1. The second-order valence-electron chi connectivity index (χ2n) is 6.56. The molecule has 6 heteroatoms. The van der Waals surface area contributed by atoms with Crippen LogP contribution in [0.1, 0.15) is 31.8 Å². The lowest BCUT2D eigenvalue weighted by molar-refractivity contribution is -0.105. The summed E-state index contributed by atoms with van der Waals surface area (Å²) in [5.41, 5.74) is 1.48. The van der Waals surface area contributed by atoms with Gasteiger partial charge in [0.15, 0.2) is 17.0 Å². The fourth-order valence-electron chi connectivity index (χ4n) is 3.85. The van der Waals surface area contributed by atoms with Gasteiger partial charge in [-0.15, -0.1) is 0 Å². The van der Waals surface area contributed by atoms with Gasteiger partial charge in [-0.3, -0.25) is 19.2 Å². The monoisotopic (exact) mass is 368 g/mol. The van der Waals surface area contributed by atoms with Gasteiger partial charge in [0.2, 0.25) is 6.41 Å². The first kappa shape index (κ1) is 16.1. The summed E-state index contributed by atoms with van der Waals surface area (Å²) in [4.78, 5) is 53.7. The molecule has 1 heterocycles. The minimum absolute atomic E-state index is 0.0919. The number of hydrogen-bond donors (Lipinski definition) is 2. The zero-order valence-corrected chi connectivity index (χ0v) is 14.4. The number of carbonyl (C=O) groups is 3. The van der Waals surface area contributed by atoms with E-state index < -0.39 is 0 Å². The summed E-state index contributed by atoms with van der Waals surface area (Å²) in [5.74, 6) is -0.735. The average molecular weight is 368 g/mol. The van der Waals surface area contributed by atoms with Crippen molar-refractivity contribution in [1.29, 1.82) is 0 Å². The number of benzene rings is 3. The van der Waals surface area contributed by atoms with E-state index in [1.165, 1.54) is 6.07 Å². The fraction of sp³-hybridized carbons (Fsp3) is 0. The van der Waals surface area contributed by atoms with Crippen LogP contribution in [0.5, 0.6) is 0 Å². The smallest absolute Gasteiger partial charge is 0.211 e. The molecule has 0 unspecified atom stereocenters. The van der Waals surface area contributed by atoms with Crippen molar-refractivity contribution >= 4 is 45.5 Å². The van der Waals surface area contributed by atoms with Gasteiger partial charge in [-0.05, 0) is 18.2 Å². The number of carbonyl (C=O) groups excluding carboxylic acids is 3. The van der Waals surface area contributed by atoms with Crippen LogP contribution < -0.4 is 10.7 Å². The molecule has 1 amide bonds. The van der Waals surface area contributed by atoms with E-state index in [1.54, 1.807) is 48.5 Å². The van der Waals surface area contributed by atoms with Gasteiger partial charge in [0.05, 0.1) is 22.3 Å². The number of H-pyrrole nitrogens is 1. The summed E-state index contributed by atoms with van der Waals surface area (Å²) in [6, 6.07) is 14.9. The number of rotatable bonds is 2. The Morgan fingerprint density at radius 3 is 2.14 bits per heavy atom. The number of aromatic amines is 1. The Morgan fingerprint density at radius 1 is 0.786 bits per heavy atom. The van der Waals surface area contributed by atoms with Gasteiger partial charge in [-0.1, -0.05) is 36.4 Å². The fourth-order valence-corrected chi connectivity index (χ4v) is 3.85. The van der Waals surface area contributed by atoms with Crippen molar-refractivity contribution in [2.45, 2.75) is 0 Å². The van der Waals surface area contributed by atoms with Crippen molar-refractivity contribution in [3.05, 3.63) is 87.1 Å².